The number of esters is 1. The van der Waals surface area contributed by atoms with Gasteiger partial charge in [-0.2, -0.15) is 0 Å². The topological polar surface area (TPSA) is 85.2 Å². The number of carbonyl (C=O) groups is 1. The van der Waals surface area contributed by atoms with Crippen LogP contribution in [0, 0.1) is 5.92 Å². The molecule has 0 saturated heterocycles. The first-order valence-corrected chi connectivity index (χ1v) is 11.1. The largest absolute Gasteiger partial charge is 0.490 e. The van der Waals surface area contributed by atoms with Crippen molar-refractivity contribution in [3.8, 4) is 28.4 Å². The van der Waals surface area contributed by atoms with E-state index >= 15 is 0 Å². The Morgan fingerprint density at radius 2 is 1.39 bits per heavy atom. The molecule has 3 aromatic rings. The third kappa shape index (κ3) is 6.57. The molecule has 0 heterocycles. The van der Waals surface area contributed by atoms with Gasteiger partial charge in [0.15, 0.2) is 0 Å². The van der Waals surface area contributed by atoms with E-state index in [1.54, 1.807) is 24.3 Å². The van der Waals surface area contributed by atoms with Gasteiger partial charge in [-0.3, -0.25) is 4.79 Å². The summed E-state index contributed by atoms with van der Waals surface area (Å²) in [5.74, 6) is 1.16. The average molecular weight is 451 g/mol. The second kappa shape index (κ2) is 12.0. The Labute approximate surface area is 194 Å². The highest BCUT2D eigenvalue weighted by Crippen LogP contribution is 2.31. The van der Waals surface area contributed by atoms with E-state index in [0.717, 1.165) is 17.5 Å². The van der Waals surface area contributed by atoms with E-state index < -0.39 is 0 Å². The minimum absolute atomic E-state index is 0.146. The first kappa shape index (κ1) is 24.3. The molecule has 0 aliphatic carbocycles. The van der Waals surface area contributed by atoms with Gasteiger partial charge < -0.3 is 24.4 Å². The molecule has 0 fully saturated rings. The fraction of sp³-hybridized carbons (Fsp3) is 0.296. The minimum Gasteiger partial charge on any atom is -0.490 e. The molecule has 0 aromatic heterocycles. The van der Waals surface area contributed by atoms with Crippen LogP contribution in [0.15, 0.2) is 66.7 Å². The number of carbonyl (C=O) groups excluding carboxylic acids is 1. The van der Waals surface area contributed by atoms with Crippen molar-refractivity contribution in [2.24, 2.45) is 5.92 Å². The Morgan fingerprint density at radius 1 is 0.818 bits per heavy atom. The lowest BCUT2D eigenvalue weighted by atomic mass is 9.99. The van der Waals surface area contributed by atoms with Gasteiger partial charge in [0.05, 0.1) is 19.1 Å². The molecule has 174 valence electrons. The molecule has 0 saturated carbocycles. The summed E-state index contributed by atoms with van der Waals surface area (Å²) in [6, 6.07) is 20.3. The lowest BCUT2D eigenvalue weighted by molar-refractivity contribution is -0.138. The van der Waals surface area contributed by atoms with Crippen LogP contribution in [-0.2, 0) is 18.0 Å². The van der Waals surface area contributed by atoms with Crippen LogP contribution in [0.5, 0.6) is 17.2 Å². The van der Waals surface area contributed by atoms with Gasteiger partial charge in [-0.05, 0) is 53.9 Å². The molecule has 0 amide bonds. The number of rotatable bonds is 11. The third-order valence-electron chi connectivity index (χ3n) is 5.35. The van der Waals surface area contributed by atoms with E-state index in [2.05, 4.69) is 0 Å². The van der Waals surface area contributed by atoms with Crippen LogP contribution in [0.2, 0.25) is 0 Å². The van der Waals surface area contributed by atoms with Crippen LogP contribution < -0.4 is 14.2 Å². The SMILES string of the molecule is CCC(C)C(=O)Oc1ccc(OCCOc2c(CO)cc(-c3ccccc3)cc2CO)cc1. The lowest BCUT2D eigenvalue weighted by Crippen LogP contribution is -2.16. The van der Waals surface area contributed by atoms with E-state index in [-0.39, 0.29) is 38.3 Å². The number of aliphatic hydroxyl groups excluding tert-OH is 2. The molecule has 3 aromatic carbocycles. The van der Waals surface area contributed by atoms with Crippen LogP contribution in [0.3, 0.4) is 0 Å². The molecule has 0 bridgehead atoms. The molecular weight excluding hydrogens is 420 g/mol. The number of benzene rings is 3. The molecule has 1 atom stereocenters. The Morgan fingerprint density at radius 3 is 1.97 bits per heavy atom. The molecule has 3 rings (SSSR count). The molecule has 0 radical (unpaired) electrons. The van der Waals surface area contributed by atoms with Crippen molar-refractivity contribution in [2.45, 2.75) is 33.5 Å². The van der Waals surface area contributed by atoms with Gasteiger partial charge in [-0.15, -0.1) is 0 Å². The van der Waals surface area contributed by atoms with Crippen molar-refractivity contribution >= 4 is 5.97 Å². The molecular formula is C27H30O6. The monoisotopic (exact) mass is 450 g/mol. The summed E-state index contributed by atoms with van der Waals surface area (Å²) in [4.78, 5) is 11.9. The van der Waals surface area contributed by atoms with Crippen molar-refractivity contribution in [3.05, 3.63) is 77.9 Å². The van der Waals surface area contributed by atoms with Crippen LogP contribution >= 0.6 is 0 Å². The average Bonchev–Trinajstić information content (AvgIpc) is 2.87. The summed E-state index contributed by atoms with van der Waals surface area (Å²) >= 11 is 0. The molecule has 0 aliphatic rings. The summed E-state index contributed by atoms with van der Waals surface area (Å²) in [5, 5.41) is 19.7. The number of hydrogen-bond donors (Lipinski definition) is 2. The molecule has 0 spiro atoms. The fourth-order valence-electron chi connectivity index (χ4n) is 3.26. The summed E-state index contributed by atoms with van der Waals surface area (Å²) in [5.41, 5.74) is 3.11. The van der Waals surface area contributed by atoms with E-state index in [4.69, 9.17) is 14.2 Å². The van der Waals surface area contributed by atoms with Crippen LogP contribution in [0.25, 0.3) is 11.1 Å². The van der Waals surface area contributed by atoms with E-state index in [1.165, 1.54) is 0 Å². The van der Waals surface area contributed by atoms with Crippen molar-refractivity contribution in [1.29, 1.82) is 0 Å². The molecule has 2 N–H and O–H groups in total. The highest BCUT2D eigenvalue weighted by molar-refractivity contribution is 5.74. The van der Waals surface area contributed by atoms with Crippen LogP contribution in [-0.4, -0.2) is 29.4 Å². The molecule has 33 heavy (non-hydrogen) atoms. The Kier molecular flexibility index (Phi) is 8.87. The zero-order chi connectivity index (χ0) is 23.6. The van der Waals surface area contributed by atoms with Crippen molar-refractivity contribution in [2.75, 3.05) is 13.2 Å². The van der Waals surface area contributed by atoms with Gasteiger partial charge in [0.25, 0.3) is 0 Å². The Hall–Kier alpha value is -3.35. The summed E-state index contributed by atoms with van der Waals surface area (Å²) < 4.78 is 16.9. The first-order chi connectivity index (χ1) is 16.0. The quantitative estimate of drug-likeness (QED) is 0.249. The summed E-state index contributed by atoms with van der Waals surface area (Å²) in [7, 11) is 0. The Bertz CT molecular complexity index is 1010. The molecule has 0 aliphatic heterocycles. The second-order valence-corrected chi connectivity index (χ2v) is 7.70. The number of aliphatic hydroxyl groups is 2. The predicted octanol–water partition coefficient (Wildman–Crippen LogP) is 4.75. The van der Waals surface area contributed by atoms with Gasteiger partial charge in [0.1, 0.15) is 30.5 Å². The smallest absolute Gasteiger partial charge is 0.314 e. The van der Waals surface area contributed by atoms with Crippen molar-refractivity contribution < 1.29 is 29.2 Å². The fourth-order valence-corrected chi connectivity index (χ4v) is 3.26. The zero-order valence-corrected chi connectivity index (χ0v) is 19.0. The highest BCUT2D eigenvalue weighted by Gasteiger charge is 2.14. The van der Waals surface area contributed by atoms with Gasteiger partial charge in [0, 0.05) is 11.1 Å². The van der Waals surface area contributed by atoms with E-state index in [9.17, 15) is 15.0 Å². The lowest BCUT2D eigenvalue weighted by Gasteiger charge is -2.17. The van der Waals surface area contributed by atoms with Crippen molar-refractivity contribution in [1.82, 2.24) is 0 Å². The van der Waals surface area contributed by atoms with Crippen LogP contribution in [0.4, 0.5) is 0 Å². The molecule has 1 unspecified atom stereocenters. The standard InChI is InChI=1S/C27H30O6/c1-3-19(2)27(30)33-25-11-9-24(10-12-25)31-13-14-32-26-22(17-28)15-21(16-23(26)18-29)20-7-5-4-6-8-20/h4-12,15-16,19,28-29H,3,13-14,17-18H2,1-2H3. The van der Waals surface area contributed by atoms with Gasteiger partial charge in [-0.25, -0.2) is 0 Å². The van der Waals surface area contributed by atoms with Crippen molar-refractivity contribution in [3.63, 3.8) is 0 Å². The Balaban J connectivity index is 1.58. The summed E-state index contributed by atoms with van der Waals surface area (Å²) in [6.45, 7) is 3.86. The first-order valence-electron chi connectivity index (χ1n) is 11.1. The molecule has 6 heteroatoms. The maximum Gasteiger partial charge on any atom is 0.314 e. The number of hydrogen-bond acceptors (Lipinski definition) is 6. The minimum atomic E-state index is -0.253. The van der Waals surface area contributed by atoms with Gasteiger partial charge in [-0.1, -0.05) is 44.2 Å². The molecule has 6 nitrogen and oxygen atoms in total. The zero-order valence-electron chi connectivity index (χ0n) is 19.0. The van der Waals surface area contributed by atoms with Crippen LogP contribution in [0.1, 0.15) is 31.4 Å². The summed E-state index contributed by atoms with van der Waals surface area (Å²) in [6.07, 6.45) is 0.727. The van der Waals surface area contributed by atoms with Gasteiger partial charge in [0.2, 0.25) is 0 Å². The normalized spacial score (nSPS) is 11.6. The third-order valence-corrected chi connectivity index (χ3v) is 5.35. The van der Waals surface area contributed by atoms with Gasteiger partial charge >= 0.3 is 5.97 Å². The predicted molar refractivity (Wildman–Crippen MR) is 126 cm³/mol. The maximum atomic E-state index is 11.9. The van der Waals surface area contributed by atoms with E-state index in [0.29, 0.717) is 28.4 Å². The van der Waals surface area contributed by atoms with E-state index in [1.807, 2.05) is 56.3 Å². The second-order valence-electron chi connectivity index (χ2n) is 7.70. The number of ether oxygens (including phenoxy) is 3. The highest BCUT2D eigenvalue weighted by atomic mass is 16.5. The maximum absolute atomic E-state index is 11.9.